The molecule has 0 saturated heterocycles. The van der Waals surface area contributed by atoms with Crippen LogP contribution in [0.4, 0.5) is 0 Å². The molecule has 2 aromatic heterocycles. The number of hydrogen-bond donors (Lipinski definition) is 1. The smallest absolute Gasteiger partial charge is 0.271 e. The molecule has 2 heterocycles. The number of rotatable bonds is 4. The monoisotopic (exact) mass is 311 g/mol. The standard InChI is InChI=1S/C16H13N3O2S/c1-21-15-12-4-2-3-5-13(12)22-14(15)10-18-19-16(20)11-6-8-17-9-7-11/h2-10H,1H3,(H,19,20). The Morgan fingerprint density at radius 1 is 1.27 bits per heavy atom. The molecule has 22 heavy (non-hydrogen) atoms. The second-order valence-corrected chi connectivity index (χ2v) is 5.51. The molecule has 1 aromatic carbocycles. The second-order valence-electron chi connectivity index (χ2n) is 4.43. The topological polar surface area (TPSA) is 63.6 Å². The molecular formula is C16H13N3O2S. The molecule has 0 spiro atoms. The van der Waals surface area contributed by atoms with Crippen molar-refractivity contribution in [3.8, 4) is 5.75 Å². The number of fused-ring (bicyclic) bond motifs is 1. The van der Waals surface area contributed by atoms with Crippen LogP contribution in [0.15, 0.2) is 53.9 Å². The van der Waals surface area contributed by atoms with E-state index in [9.17, 15) is 4.79 Å². The van der Waals surface area contributed by atoms with Crippen molar-refractivity contribution in [2.75, 3.05) is 7.11 Å². The summed E-state index contributed by atoms with van der Waals surface area (Å²) < 4.78 is 6.55. The lowest BCUT2D eigenvalue weighted by Crippen LogP contribution is -2.17. The van der Waals surface area contributed by atoms with E-state index < -0.39 is 0 Å². The first-order valence-corrected chi connectivity index (χ1v) is 7.40. The van der Waals surface area contributed by atoms with Crippen LogP contribution in [0.25, 0.3) is 10.1 Å². The maximum absolute atomic E-state index is 11.9. The number of pyridine rings is 1. The summed E-state index contributed by atoms with van der Waals surface area (Å²) in [6, 6.07) is 11.2. The molecule has 1 amide bonds. The van der Waals surface area contributed by atoms with Gasteiger partial charge in [0.05, 0.1) is 18.2 Å². The van der Waals surface area contributed by atoms with Crippen molar-refractivity contribution < 1.29 is 9.53 Å². The molecule has 0 unspecified atom stereocenters. The Balaban J connectivity index is 1.80. The van der Waals surface area contributed by atoms with Gasteiger partial charge in [0.1, 0.15) is 5.75 Å². The van der Waals surface area contributed by atoms with Gasteiger partial charge in [-0.15, -0.1) is 11.3 Å². The van der Waals surface area contributed by atoms with Crippen molar-refractivity contribution >= 4 is 33.5 Å². The number of hydrazone groups is 1. The number of thiophene rings is 1. The van der Waals surface area contributed by atoms with Gasteiger partial charge in [-0.1, -0.05) is 12.1 Å². The number of aromatic nitrogens is 1. The molecule has 1 N–H and O–H groups in total. The fourth-order valence-corrected chi connectivity index (χ4v) is 3.10. The minimum atomic E-state index is -0.279. The zero-order valence-electron chi connectivity index (χ0n) is 11.8. The van der Waals surface area contributed by atoms with Crippen LogP contribution in [-0.4, -0.2) is 24.2 Å². The third-order valence-corrected chi connectivity index (χ3v) is 4.16. The van der Waals surface area contributed by atoms with Gasteiger partial charge in [-0.25, -0.2) is 5.43 Å². The highest BCUT2D eigenvalue weighted by Gasteiger charge is 2.10. The summed E-state index contributed by atoms with van der Waals surface area (Å²) in [6.07, 6.45) is 4.73. The van der Waals surface area contributed by atoms with E-state index in [1.165, 1.54) is 0 Å². The fraction of sp³-hybridized carbons (Fsp3) is 0.0625. The number of carbonyl (C=O) groups is 1. The van der Waals surface area contributed by atoms with Crippen LogP contribution >= 0.6 is 11.3 Å². The van der Waals surface area contributed by atoms with E-state index in [4.69, 9.17) is 4.74 Å². The normalized spacial score (nSPS) is 11.0. The molecule has 0 fully saturated rings. The zero-order chi connectivity index (χ0) is 15.4. The number of nitrogens with zero attached hydrogens (tertiary/aromatic N) is 2. The molecule has 0 saturated carbocycles. The Morgan fingerprint density at radius 2 is 2.05 bits per heavy atom. The highest BCUT2D eigenvalue weighted by atomic mass is 32.1. The Morgan fingerprint density at radius 3 is 2.82 bits per heavy atom. The van der Waals surface area contributed by atoms with Crippen molar-refractivity contribution in [2.24, 2.45) is 5.10 Å². The highest BCUT2D eigenvalue weighted by molar-refractivity contribution is 7.21. The third-order valence-electron chi connectivity index (χ3n) is 3.07. The number of amides is 1. The van der Waals surface area contributed by atoms with E-state index in [0.29, 0.717) is 5.56 Å². The lowest BCUT2D eigenvalue weighted by Gasteiger charge is -2.00. The van der Waals surface area contributed by atoms with Gasteiger partial charge >= 0.3 is 0 Å². The first kappa shape index (κ1) is 14.2. The summed E-state index contributed by atoms with van der Waals surface area (Å²) >= 11 is 1.56. The zero-order valence-corrected chi connectivity index (χ0v) is 12.6. The fourth-order valence-electron chi connectivity index (χ4n) is 2.05. The molecular weight excluding hydrogens is 298 g/mol. The van der Waals surface area contributed by atoms with Crippen LogP contribution in [0.2, 0.25) is 0 Å². The predicted molar refractivity (Wildman–Crippen MR) is 87.7 cm³/mol. The molecule has 0 radical (unpaired) electrons. The van der Waals surface area contributed by atoms with Gasteiger partial charge in [-0.2, -0.15) is 5.10 Å². The third kappa shape index (κ3) is 2.82. The molecule has 5 nitrogen and oxygen atoms in total. The van der Waals surface area contributed by atoms with Crippen LogP contribution in [0.3, 0.4) is 0 Å². The summed E-state index contributed by atoms with van der Waals surface area (Å²) in [5, 5.41) is 5.05. The van der Waals surface area contributed by atoms with Crippen molar-refractivity contribution in [2.45, 2.75) is 0 Å². The van der Waals surface area contributed by atoms with E-state index in [1.807, 2.05) is 24.3 Å². The number of ether oxygens (including phenoxy) is 1. The summed E-state index contributed by atoms with van der Waals surface area (Å²) in [5.74, 6) is 0.487. The number of benzene rings is 1. The van der Waals surface area contributed by atoms with E-state index in [0.717, 1.165) is 20.7 Å². The maximum Gasteiger partial charge on any atom is 0.271 e. The van der Waals surface area contributed by atoms with Crippen LogP contribution in [-0.2, 0) is 0 Å². The predicted octanol–water partition coefficient (Wildman–Crippen LogP) is 3.07. The highest BCUT2D eigenvalue weighted by Crippen LogP contribution is 2.36. The minimum Gasteiger partial charge on any atom is -0.495 e. The molecule has 3 rings (SSSR count). The summed E-state index contributed by atoms with van der Waals surface area (Å²) in [6.45, 7) is 0. The van der Waals surface area contributed by atoms with E-state index in [2.05, 4.69) is 15.5 Å². The van der Waals surface area contributed by atoms with Crippen molar-refractivity contribution in [1.29, 1.82) is 0 Å². The van der Waals surface area contributed by atoms with Crippen molar-refractivity contribution in [3.63, 3.8) is 0 Å². The molecule has 6 heteroatoms. The van der Waals surface area contributed by atoms with Gasteiger partial charge in [0.2, 0.25) is 0 Å². The SMILES string of the molecule is COc1c(C=NNC(=O)c2ccncc2)sc2ccccc12. The Hall–Kier alpha value is -2.73. The summed E-state index contributed by atoms with van der Waals surface area (Å²) in [4.78, 5) is 16.6. The van der Waals surface area contributed by atoms with Crippen LogP contribution in [0.5, 0.6) is 5.75 Å². The second kappa shape index (κ2) is 6.36. The lowest BCUT2D eigenvalue weighted by atomic mass is 10.2. The Labute approximate surface area is 131 Å². The number of carbonyl (C=O) groups excluding carboxylic acids is 1. The van der Waals surface area contributed by atoms with Crippen molar-refractivity contribution in [3.05, 3.63) is 59.2 Å². The van der Waals surface area contributed by atoms with Crippen LogP contribution in [0, 0.1) is 0 Å². The molecule has 0 aliphatic heterocycles. The molecule has 110 valence electrons. The van der Waals surface area contributed by atoms with Gasteiger partial charge in [0, 0.05) is 28.0 Å². The molecule has 0 aliphatic rings. The summed E-state index contributed by atoms with van der Waals surface area (Å²) in [5.41, 5.74) is 3.01. The number of hydrogen-bond acceptors (Lipinski definition) is 5. The first-order valence-electron chi connectivity index (χ1n) is 6.58. The number of methoxy groups -OCH3 is 1. The molecule has 0 atom stereocenters. The van der Waals surface area contributed by atoms with E-state index in [1.54, 1.807) is 49.2 Å². The summed E-state index contributed by atoms with van der Waals surface area (Å²) in [7, 11) is 1.63. The van der Waals surface area contributed by atoms with Crippen molar-refractivity contribution in [1.82, 2.24) is 10.4 Å². The molecule has 0 bridgehead atoms. The number of nitrogens with one attached hydrogen (secondary N) is 1. The van der Waals surface area contributed by atoms with Gasteiger partial charge < -0.3 is 4.74 Å². The quantitative estimate of drug-likeness (QED) is 0.595. The van der Waals surface area contributed by atoms with E-state index in [-0.39, 0.29) is 5.91 Å². The van der Waals surface area contributed by atoms with Gasteiger partial charge in [-0.3, -0.25) is 9.78 Å². The maximum atomic E-state index is 11.9. The van der Waals surface area contributed by atoms with Crippen LogP contribution < -0.4 is 10.2 Å². The van der Waals surface area contributed by atoms with Gasteiger partial charge in [0.25, 0.3) is 5.91 Å². The average molecular weight is 311 g/mol. The average Bonchev–Trinajstić information content (AvgIpc) is 2.93. The Kier molecular flexibility index (Phi) is 4.11. The van der Waals surface area contributed by atoms with Gasteiger partial charge in [0.15, 0.2) is 0 Å². The lowest BCUT2D eigenvalue weighted by molar-refractivity contribution is 0.0955. The Bertz CT molecular complexity index is 828. The largest absolute Gasteiger partial charge is 0.495 e. The van der Waals surface area contributed by atoms with E-state index >= 15 is 0 Å². The first-order chi connectivity index (χ1) is 10.8. The molecule has 3 aromatic rings. The van der Waals surface area contributed by atoms with Gasteiger partial charge in [-0.05, 0) is 24.3 Å². The minimum absolute atomic E-state index is 0.279. The van der Waals surface area contributed by atoms with Crippen LogP contribution in [0.1, 0.15) is 15.2 Å². The molecule has 0 aliphatic carbocycles.